The maximum atomic E-state index is 3.78. The minimum absolute atomic E-state index is 0. The van der Waals surface area contributed by atoms with Gasteiger partial charge in [0.1, 0.15) is 0 Å². The first-order valence-electron chi connectivity index (χ1n) is 2.67. The van der Waals surface area contributed by atoms with Crippen LogP contribution in [0.25, 0.3) is 0 Å². The second-order valence-electron chi connectivity index (χ2n) is 1.99. The van der Waals surface area contributed by atoms with Gasteiger partial charge in [-0.3, -0.25) is 0 Å². The largest absolute Gasteiger partial charge is 0.199 e. The summed E-state index contributed by atoms with van der Waals surface area (Å²) in [5.41, 5.74) is 2.36. The van der Waals surface area contributed by atoms with Crippen LogP contribution in [-0.4, -0.2) is 0 Å². The molecule has 1 aromatic carbocycles. The molecular weight excluding hydrogens is 161 g/mol. The van der Waals surface area contributed by atoms with Gasteiger partial charge in [0, 0.05) is 19.5 Å². The third-order valence-corrected chi connectivity index (χ3v) is 1.08. The smallest absolute Gasteiger partial charge is 0 e. The molecule has 0 radical (unpaired) electrons. The molecule has 1 aromatic rings. The van der Waals surface area contributed by atoms with E-state index >= 15 is 0 Å². The fourth-order valence-corrected chi connectivity index (χ4v) is 0.712. The van der Waals surface area contributed by atoms with Gasteiger partial charge in [0.05, 0.1) is 0 Å². The first kappa shape index (κ1) is 8.71. The summed E-state index contributed by atoms with van der Waals surface area (Å²) in [4.78, 5) is 0. The summed E-state index contributed by atoms with van der Waals surface area (Å²) in [6.07, 6.45) is 0. The van der Waals surface area contributed by atoms with E-state index in [1.807, 2.05) is 12.1 Å². The molecule has 0 spiro atoms. The van der Waals surface area contributed by atoms with Crippen LogP contribution in [-0.2, 0) is 19.5 Å². The predicted molar refractivity (Wildman–Crippen MR) is 35.6 cm³/mol. The quantitative estimate of drug-likeness (QED) is 0.414. The van der Waals surface area contributed by atoms with Gasteiger partial charge < -0.3 is 0 Å². The fraction of sp³-hybridized carbons (Fsp3) is 0.125. The summed E-state index contributed by atoms with van der Waals surface area (Å²) < 4.78 is 0. The standard InChI is InChI=1S/C8H9.Zn/c1-7-4-3-5-8(2)6-7;/h3-6H,1H2,2H3;/q-1;. The summed E-state index contributed by atoms with van der Waals surface area (Å²) in [6.45, 7) is 5.85. The van der Waals surface area contributed by atoms with Crippen molar-refractivity contribution in [3.05, 3.63) is 42.3 Å². The number of aryl methyl sites for hydroxylation is 1. The van der Waals surface area contributed by atoms with Crippen LogP contribution < -0.4 is 0 Å². The van der Waals surface area contributed by atoms with Gasteiger partial charge in [0.15, 0.2) is 0 Å². The summed E-state index contributed by atoms with van der Waals surface area (Å²) >= 11 is 0. The van der Waals surface area contributed by atoms with E-state index in [-0.39, 0.29) is 19.5 Å². The molecule has 0 saturated heterocycles. The first-order chi connectivity index (χ1) is 3.79. The van der Waals surface area contributed by atoms with Gasteiger partial charge in [-0.25, -0.2) is 0 Å². The van der Waals surface area contributed by atoms with Gasteiger partial charge in [-0.1, -0.05) is 13.0 Å². The van der Waals surface area contributed by atoms with E-state index in [0.29, 0.717) is 0 Å². The fourth-order valence-electron chi connectivity index (χ4n) is 0.712. The van der Waals surface area contributed by atoms with Crippen molar-refractivity contribution in [1.82, 2.24) is 0 Å². The number of rotatable bonds is 0. The van der Waals surface area contributed by atoms with Crippen LogP contribution in [0.3, 0.4) is 0 Å². The molecule has 0 bridgehead atoms. The summed E-state index contributed by atoms with van der Waals surface area (Å²) in [6, 6.07) is 8.12. The Labute approximate surface area is 69.0 Å². The second-order valence-corrected chi connectivity index (χ2v) is 1.99. The van der Waals surface area contributed by atoms with Crippen molar-refractivity contribution in [2.45, 2.75) is 6.92 Å². The van der Waals surface area contributed by atoms with E-state index in [1.54, 1.807) is 0 Å². The molecule has 0 saturated carbocycles. The van der Waals surface area contributed by atoms with Crippen molar-refractivity contribution in [1.29, 1.82) is 0 Å². The second kappa shape index (κ2) is 3.68. The van der Waals surface area contributed by atoms with Gasteiger partial charge >= 0.3 is 0 Å². The van der Waals surface area contributed by atoms with Crippen LogP contribution in [0.2, 0.25) is 0 Å². The molecule has 1 rings (SSSR count). The van der Waals surface area contributed by atoms with Gasteiger partial charge in [-0.2, -0.15) is 24.6 Å². The van der Waals surface area contributed by atoms with Crippen LogP contribution in [0.1, 0.15) is 11.1 Å². The Morgan fingerprint density at radius 2 is 2.00 bits per heavy atom. The molecule has 0 aromatic heterocycles. The molecule has 9 heavy (non-hydrogen) atoms. The Balaban J connectivity index is 0.000000640. The monoisotopic (exact) mass is 169 g/mol. The molecule has 0 aliphatic heterocycles. The molecule has 0 fully saturated rings. The van der Waals surface area contributed by atoms with Crippen molar-refractivity contribution in [3.63, 3.8) is 0 Å². The molecule has 0 aliphatic rings. The van der Waals surface area contributed by atoms with Crippen molar-refractivity contribution in [3.8, 4) is 0 Å². The maximum absolute atomic E-state index is 3.78. The average Bonchev–Trinajstić information content (AvgIpc) is 1.64. The van der Waals surface area contributed by atoms with Crippen molar-refractivity contribution in [2.24, 2.45) is 0 Å². The molecule has 1 heteroatoms. The van der Waals surface area contributed by atoms with E-state index in [4.69, 9.17) is 0 Å². The van der Waals surface area contributed by atoms with Crippen LogP contribution in [0, 0.1) is 13.8 Å². The zero-order chi connectivity index (χ0) is 5.98. The van der Waals surface area contributed by atoms with Crippen molar-refractivity contribution in [2.75, 3.05) is 0 Å². The maximum Gasteiger partial charge on any atom is 0 e. The first-order valence-corrected chi connectivity index (χ1v) is 2.67. The van der Waals surface area contributed by atoms with Crippen molar-refractivity contribution < 1.29 is 19.5 Å². The van der Waals surface area contributed by atoms with Crippen LogP contribution in [0.5, 0.6) is 0 Å². The molecule has 0 unspecified atom stereocenters. The minimum atomic E-state index is 0. The Morgan fingerprint density at radius 1 is 1.33 bits per heavy atom. The normalized spacial score (nSPS) is 8.11. The molecule has 0 nitrogen and oxygen atoms in total. The van der Waals surface area contributed by atoms with Crippen LogP contribution in [0.15, 0.2) is 24.3 Å². The van der Waals surface area contributed by atoms with Gasteiger partial charge in [0.25, 0.3) is 0 Å². The Bertz CT molecular complexity index is 164. The summed E-state index contributed by atoms with van der Waals surface area (Å²) in [5.74, 6) is 0. The Morgan fingerprint density at radius 3 is 2.33 bits per heavy atom. The zero-order valence-corrected chi connectivity index (χ0v) is 8.69. The third-order valence-electron chi connectivity index (χ3n) is 1.08. The van der Waals surface area contributed by atoms with E-state index < -0.39 is 0 Å². The summed E-state index contributed by atoms with van der Waals surface area (Å²) in [7, 11) is 0. The predicted octanol–water partition coefficient (Wildman–Crippen LogP) is 2.17. The molecule has 0 amide bonds. The van der Waals surface area contributed by atoms with E-state index in [1.165, 1.54) is 5.56 Å². The Hall–Kier alpha value is -0.287. The van der Waals surface area contributed by atoms with Gasteiger partial charge in [-0.05, 0) is 0 Å². The molecule has 0 N–H and O–H groups in total. The van der Waals surface area contributed by atoms with E-state index in [9.17, 15) is 0 Å². The van der Waals surface area contributed by atoms with Crippen LogP contribution >= 0.6 is 0 Å². The number of hydrogen-bond acceptors (Lipinski definition) is 0. The molecular formula is C8H9Zn-. The van der Waals surface area contributed by atoms with Gasteiger partial charge in [0.2, 0.25) is 0 Å². The summed E-state index contributed by atoms with van der Waals surface area (Å²) in [5, 5.41) is 0. The topological polar surface area (TPSA) is 0 Å². The Kier molecular flexibility index (Phi) is 3.57. The third kappa shape index (κ3) is 2.67. The number of benzene rings is 1. The van der Waals surface area contributed by atoms with Crippen molar-refractivity contribution >= 4 is 0 Å². The SMILES string of the molecule is [CH2-]c1cccc(C)c1.[Zn]. The van der Waals surface area contributed by atoms with E-state index in [0.717, 1.165) is 5.56 Å². The van der Waals surface area contributed by atoms with E-state index in [2.05, 4.69) is 26.0 Å². The molecule has 0 aliphatic carbocycles. The van der Waals surface area contributed by atoms with Crippen LogP contribution in [0.4, 0.5) is 0 Å². The molecule has 0 heterocycles. The van der Waals surface area contributed by atoms with Gasteiger partial charge in [-0.15, -0.1) is 11.6 Å². The molecule has 0 atom stereocenters. The molecule has 44 valence electrons. The number of hydrogen-bond donors (Lipinski definition) is 0. The zero-order valence-electron chi connectivity index (χ0n) is 5.72. The average molecular weight is 171 g/mol. The minimum Gasteiger partial charge on any atom is -0.199 e.